The predicted octanol–water partition coefficient (Wildman–Crippen LogP) is 4.45. The summed E-state index contributed by atoms with van der Waals surface area (Å²) in [4.78, 5) is 0. The van der Waals surface area contributed by atoms with E-state index >= 15 is 0 Å². The van der Waals surface area contributed by atoms with Crippen molar-refractivity contribution in [3.8, 4) is 0 Å². The van der Waals surface area contributed by atoms with E-state index < -0.39 is 0 Å². The fourth-order valence-electron chi connectivity index (χ4n) is 0.999. The van der Waals surface area contributed by atoms with Crippen LogP contribution in [0.1, 0.15) is 12.0 Å². The molecule has 0 bridgehead atoms. The third-order valence-corrected chi connectivity index (χ3v) is 3.96. The summed E-state index contributed by atoms with van der Waals surface area (Å²) < 4.78 is 13.7. The van der Waals surface area contributed by atoms with E-state index in [-0.39, 0.29) is 5.82 Å². The molecule has 0 aromatic heterocycles. The minimum absolute atomic E-state index is 0.194. The summed E-state index contributed by atoms with van der Waals surface area (Å²) in [5.41, 5.74) is 1.00. The normalized spacial score (nSPS) is 10.5. The van der Waals surface area contributed by atoms with E-state index in [1.165, 1.54) is 6.07 Å². The van der Waals surface area contributed by atoms with Crippen molar-refractivity contribution >= 4 is 39.3 Å². The van der Waals surface area contributed by atoms with Crippen LogP contribution in [-0.4, -0.2) is 11.6 Å². The Hall–Kier alpha value is 0.270. The molecule has 78 valence electrons. The molecule has 14 heavy (non-hydrogen) atoms. The molecule has 0 saturated heterocycles. The molecule has 0 aliphatic carbocycles. The van der Waals surface area contributed by atoms with Crippen LogP contribution in [0.5, 0.6) is 0 Å². The van der Waals surface area contributed by atoms with Crippen LogP contribution in [0, 0.1) is 5.82 Å². The Labute approximate surface area is 101 Å². The van der Waals surface area contributed by atoms with Crippen molar-refractivity contribution in [2.75, 3.05) is 11.6 Å². The summed E-state index contributed by atoms with van der Waals surface area (Å²) >= 11 is 10.6. The lowest BCUT2D eigenvalue weighted by Gasteiger charge is -2.04. The number of rotatable bonds is 5. The van der Waals surface area contributed by atoms with Crippen molar-refractivity contribution in [2.45, 2.75) is 12.2 Å². The first-order chi connectivity index (χ1) is 6.75. The number of halogens is 3. The number of thioether (sulfide) groups is 1. The molecule has 0 atom stereocenters. The van der Waals surface area contributed by atoms with Crippen molar-refractivity contribution in [3.05, 3.63) is 34.1 Å². The summed E-state index contributed by atoms with van der Waals surface area (Å²) in [6.45, 7) is 0. The van der Waals surface area contributed by atoms with E-state index in [9.17, 15) is 4.39 Å². The second-order valence-corrected chi connectivity index (χ2v) is 5.08. The molecule has 0 N–H and O–H groups in total. The van der Waals surface area contributed by atoms with Gasteiger partial charge in [-0.15, -0.1) is 11.6 Å². The number of hydrogen-bond donors (Lipinski definition) is 0. The van der Waals surface area contributed by atoms with Crippen molar-refractivity contribution < 1.29 is 4.39 Å². The lowest BCUT2D eigenvalue weighted by Crippen LogP contribution is -1.88. The first-order valence-corrected chi connectivity index (χ1v) is 6.80. The Morgan fingerprint density at radius 3 is 2.93 bits per heavy atom. The Bertz CT molecular complexity index is 293. The smallest absolute Gasteiger partial charge is 0.137 e. The average Bonchev–Trinajstić information content (AvgIpc) is 2.19. The van der Waals surface area contributed by atoms with Gasteiger partial charge in [0, 0.05) is 11.6 Å². The monoisotopic (exact) mass is 296 g/mol. The highest BCUT2D eigenvalue weighted by molar-refractivity contribution is 9.10. The van der Waals surface area contributed by atoms with Crippen LogP contribution in [0.3, 0.4) is 0 Å². The molecule has 0 unspecified atom stereocenters. The summed E-state index contributed by atoms with van der Waals surface area (Å²) in [7, 11) is 0. The maximum absolute atomic E-state index is 13.1. The zero-order valence-corrected chi connectivity index (χ0v) is 10.8. The molecule has 0 nitrogen and oxygen atoms in total. The minimum atomic E-state index is -0.194. The first-order valence-electron chi connectivity index (χ1n) is 4.32. The molecule has 0 spiro atoms. The highest BCUT2D eigenvalue weighted by atomic mass is 79.9. The first kappa shape index (κ1) is 12.3. The molecule has 0 radical (unpaired) electrons. The van der Waals surface area contributed by atoms with E-state index in [4.69, 9.17) is 11.6 Å². The zero-order valence-electron chi connectivity index (χ0n) is 7.60. The predicted molar refractivity (Wildman–Crippen MR) is 65.6 cm³/mol. The maximum Gasteiger partial charge on any atom is 0.137 e. The summed E-state index contributed by atoms with van der Waals surface area (Å²) in [6.07, 6.45) is 0.999. The summed E-state index contributed by atoms with van der Waals surface area (Å²) in [5.74, 6) is 2.35. The molecule has 1 aromatic rings. The molecule has 0 fully saturated rings. The summed E-state index contributed by atoms with van der Waals surface area (Å²) in [5, 5.41) is 0. The average molecular weight is 298 g/mol. The third kappa shape index (κ3) is 3.79. The molecule has 0 heterocycles. The van der Waals surface area contributed by atoms with E-state index in [2.05, 4.69) is 15.9 Å². The van der Waals surface area contributed by atoms with Crippen molar-refractivity contribution in [1.82, 2.24) is 0 Å². The van der Waals surface area contributed by atoms with Crippen LogP contribution >= 0.6 is 39.3 Å². The third-order valence-electron chi connectivity index (χ3n) is 1.71. The molecule has 4 heteroatoms. The standard InChI is InChI=1S/C10H11BrClFS/c11-10-8(3-1-4-9(10)13)7-14-6-2-5-12/h1,3-4H,2,5-7H2. The van der Waals surface area contributed by atoms with Crippen molar-refractivity contribution in [2.24, 2.45) is 0 Å². The highest BCUT2D eigenvalue weighted by Gasteiger charge is 2.04. The van der Waals surface area contributed by atoms with Gasteiger partial charge in [-0.05, 0) is 39.7 Å². The number of benzene rings is 1. The van der Waals surface area contributed by atoms with Gasteiger partial charge >= 0.3 is 0 Å². The van der Waals surface area contributed by atoms with Gasteiger partial charge in [0.1, 0.15) is 5.82 Å². The molecule has 0 amide bonds. The lowest BCUT2D eigenvalue weighted by molar-refractivity contribution is 0.619. The second-order valence-electron chi connectivity index (χ2n) is 2.81. The number of alkyl halides is 1. The van der Waals surface area contributed by atoms with Crippen molar-refractivity contribution in [1.29, 1.82) is 0 Å². The minimum Gasteiger partial charge on any atom is -0.206 e. The second kappa shape index (κ2) is 6.70. The van der Waals surface area contributed by atoms with E-state index in [0.29, 0.717) is 10.4 Å². The fourth-order valence-corrected chi connectivity index (χ4v) is 2.83. The van der Waals surface area contributed by atoms with E-state index in [1.54, 1.807) is 17.8 Å². The molecular formula is C10H11BrClFS. The van der Waals surface area contributed by atoms with Crippen LogP contribution in [0.2, 0.25) is 0 Å². The molecular weight excluding hydrogens is 287 g/mol. The zero-order chi connectivity index (χ0) is 10.4. The molecule has 0 aliphatic heterocycles. The van der Waals surface area contributed by atoms with E-state index in [0.717, 1.165) is 23.5 Å². The van der Waals surface area contributed by atoms with Gasteiger partial charge in [0.25, 0.3) is 0 Å². The number of hydrogen-bond acceptors (Lipinski definition) is 1. The molecule has 0 saturated carbocycles. The van der Waals surface area contributed by atoms with Crippen LogP contribution in [0.4, 0.5) is 4.39 Å². The quantitative estimate of drug-likeness (QED) is 0.571. The van der Waals surface area contributed by atoms with Gasteiger partial charge in [0.05, 0.1) is 4.47 Å². The van der Waals surface area contributed by atoms with Gasteiger partial charge in [-0.1, -0.05) is 12.1 Å². The Balaban J connectivity index is 2.46. The van der Waals surface area contributed by atoms with Crippen LogP contribution in [0.25, 0.3) is 0 Å². The van der Waals surface area contributed by atoms with Gasteiger partial charge in [-0.25, -0.2) is 4.39 Å². The van der Waals surface area contributed by atoms with Gasteiger partial charge < -0.3 is 0 Å². The van der Waals surface area contributed by atoms with Gasteiger partial charge in [0.2, 0.25) is 0 Å². The Morgan fingerprint density at radius 2 is 2.21 bits per heavy atom. The fraction of sp³-hybridized carbons (Fsp3) is 0.400. The molecule has 1 aromatic carbocycles. The Morgan fingerprint density at radius 1 is 1.43 bits per heavy atom. The molecule has 1 rings (SSSR count). The Kier molecular flexibility index (Phi) is 5.90. The lowest BCUT2D eigenvalue weighted by atomic mass is 10.2. The van der Waals surface area contributed by atoms with Gasteiger partial charge in [0.15, 0.2) is 0 Å². The van der Waals surface area contributed by atoms with Crippen molar-refractivity contribution in [3.63, 3.8) is 0 Å². The maximum atomic E-state index is 13.1. The SMILES string of the molecule is Fc1cccc(CSCCCCl)c1Br. The molecule has 0 aliphatic rings. The summed E-state index contributed by atoms with van der Waals surface area (Å²) in [6, 6.07) is 5.12. The topological polar surface area (TPSA) is 0 Å². The highest BCUT2D eigenvalue weighted by Crippen LogP contribution is 2.24. The van der Waals surface area contributed by atoms with Crippen LogP contribution in [-0.2, 0) is 5.75 Å². The van der Waals surface area contributed by atoms with E-state index in [1.807, 2.05) is 6.07 Å². The van der Waals surface area contributed by atoms with Crippen LogP contribution in [0.15, 0.2) is 22.7 Å². The van der Waals surface area contributed by atoms with Gasteiger partial charge in [-0.2, -0.15) is 11.8 Å². The van der Waals surface area contributed by atoms with Gasteiger partial charge in [-0.3, -0.25) is 0 Å². The van der Waals surface area contributed by atoms with Crippen LogP contribution < -0.4 is 0 Å². The largest absolute Gasteiger partial charge is 0.206 e.